The van der Waals surface area contributed by atoms with Crippen LogP contribution < -0.4 is 4.74 Å². The molecule has 1 unspecified atom stereocenters. The van der Waals surface area contributed by atoms with Crippen molar-refractivity contribution >= 4 is 16.9 Å². The zero-order valence-electron chi connectivity index (χ0n) is 20.2. The second-order valence-corrected chi connectivity index (χ2v) is 8.82. The lowest BCUT2D eigenvalue weighted by atomic mass is 9.94. The van der Waals surface area contributed by atoms with Crippen molar-refractivity contribution in [3.8, 4) is 5.75 Å². The number of fused-ring (bicyclic) bond motifs is 1. The van der Waals surface area contributed by atoms with Crippen LogP contribution in [0.25, 0.3) is 10.9 Å². The molecule has 0 fully saturated rings. The van der Waals surface area contributed by atoms with Crippen LogP contribution in [0.2, 0.25) is 0 Å². The number of para-hydroxylation sites is 1. The van der Waals surface area contributed by atoms with Crippen molar-refractivity contribution in [2.24, 2.45) is 5.92 Å². The van der Waals surface area contributed by atoms with Gasteiger partial charge in [-0.05, 0) is 47.9 Å². The van der Waals surface area contributed by atoms with E-state index >= 15 is 0 Å². The van der Waals surface area contributed by atoms with Crippen LogP contribution in [0.4, 0.5) is 0 Å². The predicted octanol–water partition coefficient (Wildman–Crippen LogP) is 5.70. The minimum atomic E-state index is -0.974. The van der Waals surface area contributed by atoms with Gasteiger partial charge in [-0.3, -0.25) is 0 Å². The molecule has 1 aliphatic rings. The van der Waals surface area contributed by atoms with E-state index in [1.54, 1.807) is 18.6 Å². The van der Waals surface area contributed by atoms with E-state index in [0.717, 1.165) is 39.2 Å². The van der Waals surface area contributed by atoms with Crippen LogP contribution in [-0.4, -0.2) is 25.6 Å². The highest BCUT2D eigenvalue weighted by molar-refractivity contribution is 5.80. The molecule has 1 N–H and O–H groups in total. The molecular weight excluding hydrogens is 466 g/mol. The lowest BCUT2D eigenvalue weighted by Gasteiger charge is -2.22. The molecule has 0 saturated heterocycles. The molecular formula is C30H27N3O4. The first-order valence-electron chi connectivity index (χ1n) is 12.1. The summed E-state index contributed by atoms with van der Waals surface area (Å²) in [5, 5.41) is 10.2. The van der Waals surface area contributed by atoms with Crippen molar-refractivity contribution in [1.82, 2.24) is 14.5 Å². The Labute approximate surface area is 215 Å². The van der Waals surface area contributed by atoms with Gasteiger partial charge in [-0.1, -0.05) is 48.6 Å². The maximum absolute atomic E-state index is 11.1. The third kappa shape index (κ3) is 6.52. The van der Waals surface area contributed by atoms with Crippen molar-refractivity contribution in [3.05, 3.63) is 126 Å². The predicted molar refractivity (Wildman–Crippen MR) is 141 cm³/mol. The Kier molecular flexibility index (Phi) is 7.41. The maximum Gasteiger partial charge on any atom is 0.328 e. The fourth-order valence-electron chi connectivity index (χ4n) is 4.20. The van der Waals surface area contributed by atoms with Gasteiger partial charge in [-0.2, -0.15) is 0 Å². The van der Waals surface area contributed by atoms with Gasteiger partial charge in [0.2, 0.25) is 0 Å². The third-order valence-electron chi connectivity index (χ3n) is 6.07. The van der Waals surface area contributed by atoms with Crippen molar-refractivity contribution < 1.29 is 19.4 Å². The molecule has 2 heterocycles. The first-order chi connectivity index (χ1) is 18.1. The van der Waals surface area contributed by atoms with Gasteiger partial charge in [-0.25, -0.2) is 14.8 Å². The van der Waals surface area contributed by atoms with Crippen LogP contribution in [-0.2, 0) is 29.3 Å². The van der Waals surface area contributed by atoms with Crippen molar-refractivity contribution in [1.29, 1.82) is 0 Å². The standard InChI is InChI=1S/C30H27N3O4/c34-30(35)13-11-25-9-8-22(18-33-15-14-31-21-33)17-29(25)37-19-23-4-3-6-27(16-23)36-20-26-12-10-24-5-1-2-7-28(24)32-26/h1-8,10-17,21,25H,9,18-20H2,(H,34,35)/b13-11+. The minimum absolute atomic E-state index is 0.138. The van der Waals surface area contributed by atoms with E-state index in [4.69, 9.17) is 14.6 Å². The number of pyridine rings is 1. The Morgan fingerprint density at radius 3 is 2.86 bits per heavy atom. The molecule has 1 aliphatic carbocycles. The van der Waals surface area contributed by atoms with E-state index < -0.39 is 5.97 Å². The number of allylic oxidation sites excluding steroid dienone is 4. The lowest BCUT2D eigenvalue weighted by molar-refractivity contribution is -0.131. The highest BCUT2D eigenvalue weighted by Crippen LogP contribution is 2.28. The molecule has 2 aromatic carbocycles. The smallest absolute Gasteiger partial charge is 0.328 e. The Balaban J connectivity index is 1.24. The van der Waals surface area contributed by atoms with Crippen LogP contribution in [0.1, 0.15) is 17.7 Å². The number of carbonyl (C=O) groups is 1. The Bertz CT molecular complexity index is 1470. The summed E-state index contributed by atoms with van der Waals surface area (Å²) in [6.45, 7) is 1.38. The number of aromatic nitrogens is 3. The van der Waals surface area contributed by atoms with Crippen LogP contribution >= 0.6 is 0 Å². The molecule has 7 heteroatoms. The Morgan fingerprint density at radius 2 is 2.00 bits per heavy atom. The fraction of sp³-hybridized carbons (Fsp3) is 0.167. The molecule has 186 valence electrons. The number of imidazole rings is 1. The molecule has 0 radical (unpaired) electrons. The van der Waals surface area contributed by atoms with Gasteiger partial charge >= 0.3 is 5.97 Å². The quantitative estimate of drug-likeness (QED) is 0.285. The maximum atomic E-state index is 11.1. The normalized spacial score (nSPS) is 15.4. The van der Waals surface area contributed by atoms with Gasteiger partial charge in [0.15, 0.2) is 0 Å². The average Bonchev–Trinajstić information content (AvgIpc) is 3.43. The van der Waals surface area contributed by atoms with E-state index in [1.165, 1.54) is 6.08 Å². The second-order valence-electron chi connectivity index (χ2n) is 8.82. The van der Waals surface area contributed by atoms with Crippen molar-refractivity contribution in [2.45, 2.75) is 26.2 Å². The summed E-state index contributed by atoms with van der Waals surface area (Å²) in [5.74, 6) is 0.359. The van der Waals surface area contributed by atoms with E-state index in [2.05, 4.69) is 16.0 Å². The van der Waals surface area contributed by atoms with Crippen LogP contribution in [0.3, 0.4) is 0 Å². The van der Waals surface area contributed by atoms with Gasteiger partial charge < -0.3 is 19.1 Å². The Morgan fingerprint density at radius 1 is 1.08 bits per heavy atom. The molecule has 0 saturated carbocycles. The minimum Gasteiger partial charge on any atom is -0.493 e. The summed E-state index contributed by atoms with van der Waals surface area (Å²) in [6, 6.07) is 19.8. The molecule has 0 aliphatic heterocycles. The molecule has 2 aromatic heterocycles. The Hall–Kier alpha value is -4.65. The van der Waals surface area contributed by atoms with Crippen LogP contribution in [0.5, 0.6) is 5.75 Å². The first-order valence-corrected chi connectivity index (χ1v) is 12.1. The van der Waals surface area contributed by atoms with E-state index in [0.29, 0.717) is 26.2 Å². The number of hydrogen-bond donors (Lipinski definition) is 1. The van der Waals surface area contributed by atoms with Gasteiger partial charge in [0, 0.05) is 36.3 Å². The summed E-state index contributed by atoms with van der Waals surface area (Å²) in [6.07, 6.45) is 13.0. The molecule has 7 nitrogen and oxygen atoms in total. The zero-order chi connectivity index (χ0) is 25.5. The number of carboxylic acids is 1. The number of ether oxygens (including phenoxy) is 2. The molecule has 37 heavy (non-hydrogen) atoms. The van der Waals surface area contributed by atoms with E-state index in [-0.39, 0.29) is 5.92 Å². The summed E-state index contributed by atoms with van der Waals surface area (Å²) in [4.78, 5) is 19.8. The average molecular weight is 494 g/mol. The number of hydrogen-bond acceptors (Lipinski definition) is 5. The zero-order valence-corrected chi connectivity index (χ0v) is 20.2. The largest absolute Gasteiger partial charge is 0.493 e. The van der Waals surface area contributed by atoms with E-state index in [1.807, 2.05) is 77.5 Å². The van der Waals surface area contributed by atoms with Gasteiger partial charge in [0.1, 0.15) is 24.7 Å². The molecule has 0 spiro atoms. The highest BCUT2D eigenvalue weighted by Gasteiger charge is 2.18. The summed E-state index contributed by atoms with van der Waals surface area (Å²) >= 11 is 0. The number of aliphatic carboxylic acids is 1. The van der Waals surface area contributed by atoms with Crippen molar-refractivity contribution in [3.63, 3.8) is 0 Å². The van der Waals surface area contributed by atoms with Gasteiger partial charge in [0.05, 0.1) is 17.5 Å². The number of carboxylic acid groups (broad SMARTS) is 1. The number of rotatable bonds is 10. The van der Waals surface area contributed by atoms with E-state index in [9.17, 15) is 4.79 Å². The fourth-order valence-corrected chi connectivity index (χ4v) is 4.20. The molecule has 1 atom stereocenters. The van der Waals surface area contributed by atoms with Gasteiger partial charge in [-0.15, -0.1) is 0 Å². The summed E-state index contributed by atoms with van der Waals surface area (Å²) in [7, 11) is 0. The van der Waals surface area contributed by atoms with Gasteiger partial charge in [0.25, 0.3) is 0 Å². The third-order valence-corrected chi connectivity index (χ3v) is 6.07. The summed E-state index contributed by atoms with van der Waals surface area (Å²) in [5.41, 5.74) is 3.85. The molecule has 0 amide bonds. The number of benzene rings is 2. The monoisotopic (exact) mass is 493 g/mol. The summed E-state index contributed by atoms with van der Waals surface area (Å²) < 4.78 is 14.2. The van der Waals surface area contributed by atoms with Crippen LogP contribution in [0, 0.1) is 5.92 Å². The first kappa shape index (κ1) is 24.1. The number of nitrogens with zero attached hydrogens (tertiary/aromatic N) is 3. The molecule has 4 aromatic rings. The highest BCUT2D eigenvalue weighted by atomic mass is 16.5. The molecule has 5 rings (SSSR count). The topological polar surface area (TPSA) is 86.5 Å². The lowest BCUT2D eigenvalue weighted by Crippen LogP contribution is -2.11. The molecule has 0 bridgehead atoms. The second kappa shape index (κ2) is 11.4. The van der Waals surface area contributed by atoms with Crippen molar-refractivity contribution in [2.75, 3.05) is 0 Å². The van der Waals surface area contributed by atoms with Crippen LogP contribution in [0.15, 0.2) is 115 Å². The SMILES string of the molecule is O=C(O)/C=C/C1CC=C(Cn2ccnc2)C=C1OCc1cccc(OCc2ccc3ccccc3n2)c1.